The molecule has 0 saturated carbocycles. The van der Waals surface area contributed by atoms with Gasteiger partial charge in [0.25, 0.3) is 0 Å². The van der Waals surface area contributed by atoms with E-state index >= 15 is 0 Å². The molecule has 0 nitrogen and oxygen atoms in total. The van der Waals surface area contributed by atoms with Gasteiger partial charge in [-0.15, -0.1) is 22.7 Å². The predicted molar refractivity (Wildman–Crippen MR) is 174 cm³/mol. The average Bonchev–Trinajstić information content (AvgIpc) is 3.61. The normalized spacial score (nSPS) is 11.7. The number of hydrogen-bond acceptors (Lipinski definition) is 2. The van der Waals surface area contributed by atoms with E-state index in [0.29, 0.717) is 0 Å². The van der Waals surface area contributed by atoms with Gasteiger partial charge in [-0.25, -0.2) is 0 Å². The van der Waals surface area contributed by atoms with Crippen LogP contribution >= 0.6 is 22.7 Å². The van der Waals surface area contributed by atoms with Crippen molar-refractivity contribution in [2.24, 2.45) is 0 Å². The Bertz CT molecular complexity index is 1160. The van der Waals surface area contributed by atoms with E-state index in [9.17, 15) is 0 Å². The van der Waals surface area contributed by atoms with E-state index in [1.54, 1.807) is 0 Å². The van der Waals surface area contributed by atoms with Crippen LogP contribution in [0.1, 0.15) is 97.2 Å². The highest BCUT2D eigenvalue weighted by Crippen LogP contribution is 2.26. The summed E-state index contributed by atoms with van der Waals surface area (Å²) in [5, 5.41) is 4.45. The number of aryl methyl sites for hydroxylation is 2. The Morgan fingerprint density at radius 2 is 0.895 bits per heavy atom. The molecule has 0 N–H and O–H groups in total. The van der Waals surface area contributed by atoms with Crippen LogP contribution in [-0.2, 0) is 12.8 Å². The monoisotopic (exact) mass is 538 g/mol. The molecule has 2 aromatic heterocycles. The number of unbranched alkanes of at least 4 members (excludes halogenated alkanes) is 6. The van der Waals surface area contributed by atoms with Gasteiger partial charge in [0.15, 0.2) is 0 Å². The van der Waals surface area contributed by atoms with Crippen LogP contribution in [0.4, 0.5) is 0 Å². The maximum atomic E-state index is 2.30. The molecule has 0 saturated heterocycles. The Labute approximate surface area is 238 Å². The molecule has 2 heterocycles. The van der Waals surface area contributed by atoms with Crippen LogP contribution in [0.5, 0.6) is 0 Å². The molecule has 2 heteroatoms. The third-order valence-corrected chi connectivity index (χ3v) is 9.02. The molecule has 4 aromatic rings. The van der Waals surface area contributed by atoms with E-state index in [0.717, 1.165) is 0 Å². The molecule has 0 bridgehead atoms. The summed E-state index contributed by atoms with van der Waals surface area (Å²) >= 11 is 3.70. The highest BCUT2D eigenvalue weighted by Gasteiger charge is 2.03. The van der Waals surface area contributed by atoms with Crippen molar-refractivity contribution >= 4 is 47.0 Å². The van der Waals surface area contributed by atoms with E-state index in [4.69, 9.17) is 0 Å². The van der Waals surface area contributed by atoms with E-state index in [1.807, 2.05) is 22.7 Å². The van der Waals surface area contributed by atoms with Crippen LogP contribution in [0.3, 0.4) is 0 Å². The molecule has 0 aliphatic carbocycles. The fourth-order valence-electron chi connectivity index (χ4n) is 4.80. The first-order valence-electron chi connectivity index (χ1n) is 14.5. The number of rotatable bonds is 15. The average molecular weight is 539 g/mol. The van der Waals surface area contributed by atoms with Gasteiger partial charge < -0.3 is 0 Å². The summed E-state index contributed by atoms with van der Waals surface area (Å²) in [6.07, 6.45) is 22.0. The molecule has 38 heavy (non-hydrogen) atoms. The zero-order valence-electron chi connectivity index (χ0n) is 23.1. The van der Waals surface area contributed by atoms with Gasteiger partial charge in [0.05, 0.1) is 0 Å². The lowest BCUT2D eigenvalue weighted by Crippen LogP contribution is -1.85. The van der Waals surface area contributed by atoms with Crippen molar-refractivity contribution in [3.05, 3.63) is 103 Å². The minimum absolute atomic E-state index is 1.20. The first-order valence-corrected chi connectivity index (χ1v) is 16.2. The summed E-state index contributed by atoms with van der Waals surface area (Å²) in [4.78, 5) is 2.81. The van der Waals surface area contributed by atoms with Crippen molar-refractivity contribution in [1.29, 1.82) is 0 Å². The minimum Gasteiger partial charge on any atom is -0.144 e. The molecule has 0 radical (unpaired) electrons. The van der Waals surface area contributed by atoms with Gasteiger partial charge >= 0.3 is 0 Å². The van der Waals surface area contributed by atoms with Crippen molar-refractivity contribution in [3.8, 4) is 11.1 Å². The van der Waals surface area contributed by atoms with Crippen LogP contribution in [0.15, 0.2) is 71.4 Å². The Morgan fingerprint density at radius 3 is 1.29 bits per heavy atom. The van der Waals surface area contributed by atoms with Gasteiger partial charge in [0.1, 0.15) is 0 Å². The second-order valence-electron chi connectivity index (χ2n) is 10.2. The van der Waals surface area contributed by atoms with Gasteiger partial charge in [-0.05, 0) is 94.1 Å². The van der Waals surface area contributed by atoms with E-state index in [-0.39, 0.29) is 0 Å². The van der Waals surface area contributed by atoms with Gasteiger partial charge in [-0.3, -0.25) is 0 Å². The second kappa shape index (κ2) is 15.7. The molecule has 198 valence electrons. The molecule has 0 aliphatic rings. The quantitative estimate of drug-likeness (QED) is 0.132. The van der Waals surface area contributed by atoms with Crippen molar-refractivity contribution in [3.63, 3.8) is 0 Å². The summed E-state index contributed by atoms with van der Waals surface area (Å²) in [5.74, 6) is 0. The summed E-state index contributed by atoms with van der Waals surface area (Å²) in [7, 11) is 0. The highest BCUT2D eigenvalue weighted by molar-refractivity contribution is 7.11. The maximum Gasteiger partial charge on any atom is 0.0302 e. The SMILES string of the molecule is CCCCCCc1ccsc1C=Cc1ccc(-c2ccc(C=Cc3sccc3CCCCCC)cc2)cc1. The zero-order valence-corrected chi connectivity index (χ0v) is 24.8. The maximum absolute atomic E-state index is 2.30. The number of hydrogen-bond donors (Lipinski definition) is 0. The molecule has 0 spiro atoms. The zero-order chi connectivity index (χ0) is 26.4. The summed E-state index contributed by atoms with van der Waals surface area (Å²) in [6.45, 7) is 4.55. The first-order chi connectivity index (χ1) is 18.8. The van der Waals surface area contributed by atoms with Crippen molar-refractivity contribution < 1.29 is 0 Å². The second-order valence-corrected chi connectivity index (χ2v) is 12.0. The van der Waals surface area contributed by atoms with Crippen molar-refractivity contribution in [2.75, 3.05) is 0 Å². The van der Waals surface area contributed by atoms with Gasteiger partial charge in [-0.2, -0.15) is 0 Å². The highest BCUT2D eigenvalue weighted by atomic mass is 32.1. The Hall–Kier alpha value is -2.68. The van der Waals surface area contributed by atoms with Crippen LogP contribution in [-0.4, -0.2) is 0 Å². The van der Waals surface area contributed by atoms with Gasteiger partial charge in [0, 0.05) is 9.75 Å². The van der Waals surface area contributed by atoms with E-state index < -0.39 is 0 Å². The first kappa shape index (κ1) is 28.3. The van der Waals surface area contributed by atoms with Crippen molar-refractivity contribution in [1.82, 2.24) is 0 Å². The fourth-order valence-corrected chi connectivity index (χ4v) is 6.50. The number of benzene rings is 2. The molecule has 0 aliphatic heterocycles. The van der Waals surface area contributed by atoms with Crippen LogP contribution in [0.25, 0.3) is 35.4 Å². The molecule has 0 unspecified atom stereocenters. The van der Waals surface area contributed by atoms with Gasteiger partial charge in [0.2, 0.25) is 0 Å². The molecule has 0 amide bonds. The summed E-state index contributed by atoms with van der Waals surface area (Å²) < 4.78 is 0. The molecule has 0 fully saturated rings. The van der Waals surface area contributed by atoms with Gasteiger partial charge in [-0.1, -0.05) is 113 Å². The molecule has 2 aromatic carbocycles. The van der Waals surface area contributed by atoms with Crippen molar-refractivity contribution in [2.45, 2.75) is 78.1 Å². The Kier molecular flexibility index (Phi) is 11.7. The lowest BCUT2D eigenvalue weighted by Gasteiger charge is -2.04. The van der Waals surface area contributed by atoms with E-state index in [2.05, 4.69) is 110 Å². The van der Waals surface area contributed by atoms with Crippen LogP contribution < -0.4 is 0 Å². The lowest BCUT2D eigenvalue weighted by molar-refractivity contribution is 0.667. The Balaban J connectivity index is 1.32. The third kappa shape index (κ3) is 8.68. The summed E-state index contributed by atoms with van der Waals surface area (Å²) in [6, 6.07) is 22.5. The summed E-state index contributed by atoms with van der Waals surface area (Å²) in [5.41, 5.74) is 8.02. The molecular weight excluding hydrogens is 497 g/mol. The molecule has 0 atom stereocenters. The molecular formula is C36H42S2. The van der Waals surface area contributed by atoms with E-state index in [1.165, 1.54) is 107 Å². The standard InChI is InChI=1S/C36H42S2/c1-3-5-7-9-11-33-25-27-37-35(33)23-17-29-13-19-31(20-14-29)32-21-15-30(16-22-32)18-24-36-34(26-28-38-36)12-10-8-6-4-2/h13-28H,3-12H2,1-2H3. The Morgan fingerprint density at radius 1 is 0.474 bits per heavy atom. The third-order valence-electron chi connectivity index (χ3n) is 7.17. The smallest absolute Gasteiger partial charge is 0.0302 e. The topological polar surface area (TPSA) is 0 Å². The predicted octanol–water partition coefficient (Wildman–Crippen LogP) is 12.1. The van der Waals surface area contributed by atoms with Crippen LogP contribution in [0.2, 0.25) is 0 Å². The minimum atomic E-state index is 1.20. The number of thiophene rings is 2. The van der Waals surface area contributed by atoms with Crippen LogP contribution in [0, 0.1) is 0 Å². The largest absolute Gasteiger partial charge is 0.144 e. The lowest BCUT2D eigenvalue weighted by atomic mass is 10.0. The molecule has 4 rings (SSSR count). The fraction of sp³-hybridized carbons (Fsp3) is 0.333.